The summed E-state index contributed by atoms with van der Waals surface area (Å²) in [5, 5.41) is -0.443. The first-order chi connectivity index (χ1) is 11.6. The molecule has 0 fully saturated rings. The molecule has 0 bridgehead atoms. The van der Waals surface area contributed by atoms with E-state index in [1.807, 2.05) is 0 Å². The Labute approximate surface area is 150 Å². The first-order valence-corrected chi connectivity index (χ1v) is 9.23. The van der Waals surface area contributed by atoms with E-state index >= 15 is 0 Å². The Morgan fingerprint density at radius 1 is 1.12 bits per heavy atom. The van der Waals surface area contributed by atoms with Crippen LogP contribution in [0.3, 0.4) is 0 Å². The number of nitrogens with one attached hydrogen (secondary N) is 1. The summed E-state index contributed by atoms with van der Waals surface area (Å²) in [6, 6.07) is 3.41. The number of benzene rings is 2. The van der Waals surface area contributed by atoms with Gasteiger partial charge in [0, 0.05) is 12.1 Å². The van der Waals surface area contributed by atoms with Crippen LogP contribution < -0.4 is 9.46 Å². The molecular weight excluding hydrogens is 372 g/mol. The van der Waals surface area contributed by atoms with E-state index in [1.165, 1.54) is 7.11 Å². The van der Waals surface area contributed by atoms with Crippen LogP contribution in [-0.4, -0.2) is 15.5 Å². The van der Waals surface area contributed by atoms with Crippen molar-refractivity contribution in [2.45, 2.75) is 32.2 Å². The van der Waals surface area contributed by atoms with Crippen molar-refractivity contribution in [3.05, 3.63) is 57.1 Å². The average Bonchev–Trinajstić information content (AvgIpc) is 2.54. The predicted octanol–water partition coefficient (Wildman–Crippen LogP) is 4.03. The van der Waals surface area contributed by atoms with Gasteiger partial charge in [0.25, 0.3) is 0 Å². The molecule has 0 unspecified atom stereocenters. The van der Waals surface area contributed by atoms with E-state index in [1.54, 1.807) is 26.8 Å². The number of hydrogen-bond acceptors (Lipinski definition) is 3. The summed E-state index contributed by atoms with van der Waals surface area (Å²) in [6.45, 7) is 4.58. The second kappa shape index (κ2) is 7.27. The minimum absolute atomic E-state index is 0.0822. The van der Waals surface area contributed by atoms with Gasteiger partial charge in [-0.1, -0.05) is 11.6 Å². The van der Waals surface area contributed by atoms with Crippen molar-refractivity contribution in [3.63, 3.8) is 0 Å². The fourth-order valence-corrected chi connectivity index (χ4v) is 4.36. The molecule has 4 nitrogen and oxygen atoms in total. The Morgan fingerprint density at radius 2 is 1.72 bits per heavy atom. The Bertz CT molecular complexity index is 930. The predicted molar refractivity (Wildman–Crippen MR) is 92.6 cm³/mol. The molecule has 0 heterocycles. The first-order valence-electron chi connectivity index (χ1n) is 7.37. The van der Waals surface area contributed by atoms with Gasteiger partial charge in [0.2, 0.25) is 10.0 Å². The highest BCUT2D eigenvalue weighted by Gasteiger charge is 2.23. The Kier molecular flexibility index (Phi) is 5.71. The van der Waals surface area contributed by atoms with E-state index in [-0.39, 0.29) is 10.5 Å². The number of hydrogen-bond donors (Lipinski definition) is 1. The van der Waals surface area contributed by atoms with Gasteiger partial charge in [-0.3, -0.25) is 0 Å². The quantitative estimate of drug-likeness (QED) is 0.785. The Morgan fingerprint density at radius 3 is 2.32 bits per heavy atom. The van der Waals surface area contributed by atoms with Crippen LogP contribution in [0.4, 0.5) is 8.78 Å². The maximum absolute atomic E-state index is 13.8. The van der Waals surface area contributed by atoms with Crippen molar-refractivity contribution in [2.24, 2.45) is 0 Å². The van der Waals surface area contributed by atoms with Crippen LogP contribution >= 0.6 is 11.6 Å². The Balaban J connectivity index is 2.42. The van der Waals surface area contributed by atoms with Crippen LogP contribution in [0.1, 0.15) is 22.3 Å². The SMILES string of the molecule is COc1cc(C)c(S(=O)(=O)NCc2c(F)ccc(F)c2Cl)c(C)c1C. The van der Waals surface area contributed by atoms with Gasteiger partial charge in [-0.2, -0.15) is 0 Å². The summed E-state index contributed by atoms with van der Waals surface area (Å²) in [6.07, 6.45) is 0. The molecular formula is C17H18ClF2NO3S. The molecule has 0 aliphatic carbocycles. The summed E-state index contributed by atoms with van der Waals surface area (Å²) in [5.74, 6) is -1.02. The zero-order valence-corrected chi connectivity index (χ0v) is 15.8. The monoisotopic (exact) mass is 389 g/mol. The molecule has 0 aliphatic heterocycles. The van der Waals surface area contributed by atoms with Crippen LogP contribution in [0.15, 0.2) is 23.1 Å². The third-order valence-corrected chi connectivity index (χ3v) is 6.14. The second-order valence-corrected chi connectivity index (χ2v) is 7.70. The second-order valence-electron chi connectivity index (χ2n) is 5.62. The lowest BCUT2D eigenvalue weighted by Gasteiger charge is -2.17. The van der Waals surface area contributed by atoms with Crippen LogP contribution in [-0.2, 0) is 16.6 Å². The van der Waals surface area contributed by atoms with Gasteiger partial charge in [0.1, 0.15) is 17.4 Å². The zero-order valence-electron chi connectivity index (χ0n) is 14.2. The highest BCUT2D eigenvalue weighted by Crippen LogP contribution is 2.31. The van der Waals surface area contributed by atoms with Crippen LogP contribution in [0, 0.1) is 32.4 Å². The third-order valence-electron chi connectivity index (χ3n) is 4.04. The summed E-state index contributed by atoms with van der Waals surface area (Å²) in [5.41, 5.74) is 1.45. The molecule has 0 saturated heterocycles. The molecule has 25 heavy (non-hydrogen) atoms. The van der Waals surface area contributed by atoms with Crippen LogP contribution in [0.25, 0.3) is 0 Å². The zero-order chi connectivity index (χ0) is 18.9. The fourth-order valence-electron chi connectivity index (χ4n) is 2.62. The number of rotatable bonds is 5. The molecule has 0 saturated carbocycles. The number of halogens is 3. The molecule has 0 spiro atoms. The number of aryl methyl sites for hydroxylation is 1. The maximum atomic E-state index is 13.8. The van der Waals surface area contributed by atoms with Crippen molar-refractivity contribution in [3.8, 4) is 5.75 Å². The van der Waals surface area contributed by atoms with Crippen molar-refractivity contribution < 1.29 is 21.9 Å². The smallest absolute Gasteiger partial charge is 0.241 e. The summed E-state index contributed by atoms with van der Waals surface area (Å²) >= 11 is 5.73. The molecule has 0 aromatic heterocycles. The van der Waals surface area contributed by atoms with E-state index in [4.69, 9.17) is 16.3 Å². The third kappa shape index (κ3) is 3.78. The molecule has 136 valence electrons. The van der Waals surface area contributed by atoms with Gasteiger partial charge in [-0.25, -0.2) is 21.9 Å². The van der Waals surface area contributed by atoms with Crippen molar-refractivity contribution >= 4 is 21.6 Å². The first kappa shape index (κ1) is 19.6. The molecule has 2 aromatic carbocycles. The van der Waals surface area contributed by atoms with Crippen molar-refractivity contribution in [1.82, 2.24) is 4.72 Å². The number of sulfonamides is 1. The molecule has 8 heteroatoms. The minimum Gasteiger partial charge on any atom is -0.496 e. The lowest BCUT2D eigenvalue weighted by atomic mass is 10.1. The Hall–Kier alpha value is -1.70. The van der Waals surface area contributed by atoms with Crippen LogP contribution in [0.2, 0.25) is 5.02 Å². The fraction of sp³-hybridized carbons (Fsp3) is 0.294. The van der Waals surface area contributed by atoms with Gasteiger partial charge in [0.15, 0.2) is 0 Å². The minimum atomic E-state index is -3.97. The van der Waals surface area contributed by atoms with Crippen LogP contribution in [0.5, 0.6) is 5.75 Å². The largest absolute Gasteiger partial charge is 0.496 e. The van der Waals surface area contributed by atoms with Gasteiger partial charge in [-0.15, -0.1) is 0 Å². The number of methoxy groups -OCH3 is 1. The van der Waals surface area contributed by atoms with Gasteiger partial charge in [0.05, 0.1) is 17.0 Å². The maximum Gasteiger partial charge on any atom is 0.241 e. The van der Waals surface area contributed by atoms with Crippen molar-refractivity contribution in [1.29, 1.82) is 0 Å². The lowest BCUT2D eigenvalue weighted by Crippen LogP contribution is -2.26. The standard InChI is InChI=1S/C17H18ClF2NO3S/c1-9-7-15(24-4)10(2)11(3)17(9)25(22,23)21-8-12-13(19)5-6-14(20)16(12)18/h5-7,21H,8H2,1-4H3. The molecule has 0 atom stereocenters. The number of ether oxygens (including phenoxy) is 1. The summed E-state index contributed by atoms with van der Waals surface area (Å²) in [7, 11) is -2.46. The van der Waals surface area contributed by atoms with E-state index in [2.05, 4.69) is 4.72 Å². The summed E-state index contributed by atoms with van der Waals surface area (Å²) in [4.78, 5) is 0.0822. The topological polar surface area (TPSA) is 55.4 Å². The molecule has 1 N–H and O–H groups in total. The van der Waals surface area contributed by atoms with Gasteiger partial charge in [-0.05, 0) is 55.7 Å². The average molecular weight is 390 g/mol. The molecule has 2 rings (SSSR count). The lowest BCUT2D eigenvalue weighted by molar-refractivity contribution is 0.410. The molecule has 0 radical (unpaired) electrons. The van der Waals surface area contributed by atoms with E-state index in [0.717, 1.165) is 12.1 Å². The van der Waals surface area contributed by atoms with E-state index < -0.39 is 33.2 Å². The highest BCUT2D eigenvalue weighted by molar-refractivity contribution is 7.89. The normalized spacial score (nSPS) is 11.6. The van der Waals surface area contributed by atoms with Crippen molar-refractivity contribution in [2.75, 3.05) is 7.11 Å². The van der Waals surface area contributed by atoms with Gasteiger partial charge >= 0.3 is 0 Å². The molecule has 0 aliphatic rings. The summed E-state index contributed by atoms with van der Waals surface area (Å²) < 4.78 is 60.2. The van der Waals surface area contributed by atoms with E-state index in [0.29, 0.717) is 22.4 Å². The molecule has 0 amide bonds. The van der Waals surface area contributed by atoms with E-state index in [9.17, 15) is 17.2 Å². The molecule has 2 aromatic rings. The van der Waals surface area contributed by atoms with Gasteiger partial charge < -0.3 is 4.74 Å². The highest BCUT2D eigenvalue weighted by atomic mass is 35.5.